The number of anilines is 1. The van der Waals surface area contributed by atoms with Crippen molar-refractivity contribution in [2.24, 2.45) is 17.6 Å². The molecule has 0 radical (unpaired) electrons. The van der Waals surface area contributed by atoms with Crippen LogP contribution in [0.3, 0.4) is 0 Å². The van der Waals surface area contributed by atoms with E-state index in [1.165, 1.54) is 18.2 Å². The van der Waals surface area contributed by atoms with E-state index in [2.05, 4.69) is 15.6 Å². The fraction of sp³-hybridized carbons (Fsp3) is 0.357. The predicted octanol–water partition coefficient (Wildman–Crippen LogP) is 4.07. The number of aromatic nitrogens is 1. The number of hydrogen-bond donors (Lipinski definition) is 6. The SMILES string of the molecule is NCC1CCC(C(=O)N[C@@H](Cc2ccc(F)cc2)C(=O)Nc2ccc3[nH]c(C(=O)O)cc3c2)CC1.O=C(O)C(F)(F)F. The van der Waals surface area contributed by atoms with Crippen LogP contribution >= 0.6 is 0 Å². The minimum absolute atomic E-state index is 0.0503. The quantitative estimate of drug-likeness (QED) is 0.213. The molecule has 3 aromatic rings. The molecule has 7 N–H and O–H groups in total. The maximum absolute atomic E-state index is 13.4. The summed E-state index contributed by atoms with van der Waals surface area (Å²) in [6, 6.07) is 11.5. The van der Waals surface area contributed by atoms with Gasteiger partial charge >= 0.3 is 18.1 Å². The van der Waals surface area contributed by atoms with Gasteiger partial charge in [-0.3, -0.25) is 9.59 Å². The van der Waals surface area contributed by atoms with Crippen molar-refractivity contribution in [2.45, 2.75) is 44.3 Å². The fourth-order valence-electron chi connectivity index (χ4n) is 4.57. The zero-order valence-electron chi connectivity index (χ0n) is 22.2. The highest BCUT2D eigenvalue weighted by molar-refractivity contribution is 6.00. The highest BCUT2D eigenvalue weighted by Crippen LogP contribution is 2.28. The van der Waals surface area contributed by atoms with Gasteiger partial charge in [0.25, 0.3) is 0 Å². The maximum atomic E-state index is 13.4. The largest absolute Gasteiger partial charge is 0.490 e. The number of carbonyl (C=O) groups excluding carboxylic acids is 2. The minimum atomic E-state index is -5.08. The van der Waals surface area contributed by atoms with Crippen molar-refractivity contribution in [3.63, 3.8) is 0 Å². The molecule has 2 aromatic carbocycles. The first-order chi connectivity index (χ1) is 19.8. The number of benzene rings is 2. The van der Waals surface area contributed by atoms with Gasteiger partial charge in [0.05, 0.1) is 0 Å². The number of carboxylic acids is 2. The third kappa shape index (κ3) is 9.03. The number of nitrogens with two attached hydrogens (primary N) is 1. The van der Waals surface area contributed by atoms with E-state index in [9.17, 15) is 37.1 Å². The van der Waals surface area contributed by atoms with E-state index in [-0.39, 0.29) is 29.8 Å². The van der Waals surface area contributed by atoms with E-state index >= 15 is 0 Å². The number of aromatic amines is 1. The van der Waals surface area contributed by atoms with Crippen molar-refractivity contribution in [2.75, 3.05) is 11.9 Å². The molecule has 1 fully saturated rings. The third-order valence-corrected chi connectivity index (χ3v) is 6.90. The summed E-state index contributed by atoms with van der Waals surface area (Å²) >= 11 is 0. The summed E-state index contributed by atoms with van der Waals surface area (Å²) in [5, 5.41) is 22.7. The smallest absolute Gasteiger partial charge is 0.477 e. The van der Waals surface area contributed by atoms with E-state index < -0.39 is 30.1 Å². The summed E-state index contributed by atoms with van der Waals surface area (Å²) in [5.74, 6) is -4.53. The summed E-state index contributed by atoms with van der Waals surface area (Å²) in [7, 11) is 0. The zero-order chi connectivity index (χ0) is 31.0. The molecular weight excluding hydrogens is 564 g/mol. The molecular formula is C28H30F4N4O6. The molecule has 0 unspecified atom stereocenters. The molecule has 0 aliphatic heterocycles. The molecule has 10 nitrogen and oxygen atoms in total. The lowest BCUT2D eigenvalue weighted by Gasteiger charge is -2.28. The molecule has 1 aliphatic carbocycles. The monoisotopic (exact) mass is 594 g/mol. The Morgan fingerprint density at radius 3 is 2.14 bits per heavy atom. The van der Waals surface area contributed by atoms with E-state index in [1.54, 1.807) is 30.3 Å². The normalized spacial score (nSPS) is 17.5. The highest BCUT2D eigenvalue weighted by atomic mass is 19.4. The number of H-pyrrole nitrogens is 1. The zero-order valence-corrected chi connectivity index (χ0v) is 22.2. The molecule has 0 saturated heterocycles. The van der Waals surface area contributed by atoms with Crippen molar-refractivity contribution in [3.05, 3.63) is 65.6 Å². The number of carboxylic acid groups (broad SMARTS) is 2. The molecule has 226 valence electrons. The molecule has 0 bridgehead atoms. The molecule has 1 aromatic heterocycles. The first-order valence-electron chi connectivity index (χ1n) is 13.0. The summed E-state index contributed by atoms with van der Waals surface area (Å²) in [6.07, 6.45) is -1.65. The van der Waals surface area contributed by atoms with Gasteiger partial charge in [0, 0.05) is 28.9 Å². The summed E-state index contributed by atoms with van der Waals surface area (Å²) in [4.78, 5) is 49.1. The van der Waals surface area contributed by atoms with Crippen LogP contribution in [-0.4, -0.2) is 57.7 Å². The van der Waals surface area contributed by atoms with Crippen LogP contribution in [0.15, 0.2) is 48.5 Å². The van der Waals surface area contributed by atoms with Gasteiger partial charge in [0.15, 0.2) is 0 Å². The molecule has 4 rings (SSSR count). The Kier molecular flexibility index (Phi) is 10.6. The van der Waals surface area contributed by atoms with Crippen LogP contribution in [0.1, 0.15) is 41.7 Å². The van der Waals surface area contributed by atoms with Gasteiger partial charge in [-0.25, -0.2) is 14.0 Å². The van der Waals surface area contributed by atoms with E-state index in [0.717, 1.165) is 25.7 Å². The average Bonchev–Trinajstić information content (AvgIpc) is 3.38. The Morgan fingerprint density at radius 1 is 0.976 bits per heavy atom. The maximum Gasteiger partial charge on any atom is 0.490 e. The Hall–Kier alpha value is -4.46. The van der Waals surface area contributed by atoms with Crippen molar-refractivity contribution in [1.29, 1.82) is 0 Å². The van der Waals surface area contributed by atoms with Gasteiger partial charge < -0.3 is 31.6 Å². The third-order valence-electron chi connectivity index (χ3n) is 6.90. The molecule has 14 heteroatoms. The van der Waals surface area contributed by atoms with Crippen molar-refractivity contribution < 1.29 is 47.0 Å². The molecule has 1 heterocycles. The molecule has 42 heavy (non-hydrogen) atoms. The summed E-state index contributed by atoms with van der Waals surface area (Å²) < 4.78 is 45.1. The fourth-order valence-corrected chi connectivity index (χ4v) is 4.57. The van der Waals surface area contributed by atoms with Crippen molar-refractivity contribution >= 4 is 40.3 Å². The van der Waals surface area contributed by atoms with E-state index in [0.29, 0.717) is 34.6 Å². The number of halogens is 4. The van der Waals surface area contributed by atoms with E-state index in [4.69, 9.17) is 15.6 Å². The second kappa shape index (κ2) is 13.9. The lowest BCUT2D eigenvalue weighted by molar-refractivity contribution is -0.192. The summed E-state index contributed by atoms with van der Waals surface area (Å²) in [6.45, 7) is 0.614. The van der Waals surface area contributed by atoms with Gasteiger partial charge in [-0.2, -0.15) is 13.2 Å². The number of carbonyl (C=O) groups is 4. The van der Waals surface area contributed by atoms with Gasteiger partial charge in [-0.1, -0.05) is 12.1 Å². The number of amides is 2. The van der Waals surface area contributed by atoms with Crippen molar-refractivity contribution in [1.82, 2.24) is 10.3 Å². The number of aromatic carboxylic acids is 1. The molecule has 1 atom stereocenters. The molecule has 2 amide bonds. The van der Waals surface area contributed by atoms with Crippen LogP contribution in [-0.2, 0) is 20.8 Å². The Labute approximate surface area is 237 Å². The second-order valence-electron chi connectivity index (χ2n) is 9.93. The number of hydrogen-bond acceptors (Lipinski definition) is 5. The Balaban J connectivity index is 0.000000616. The number of nitrogens with one attached hydrogen (secondary N) is 3. The van der Waals surface area contributed by atoms with Gasteiger partial charge in [0.1, 0.15) is 17.6 Å². The average molecular weight is 595 g/mol. The topological polar surface area (TPSA) is 175 Å². The lowest BCUT2D eigenvalue weighted by Crippen LogP contribution is -2.48. The van der Waals surface area contributed by atoms with Crippen LogP contribution in [0.5, 0.6) is 0 Å². The Bertz CT molecular complexity index is 1420. The Morgan fingerprint density at radius 2 is 1.60 bits per heavy atom. The van der Waals surface area contributed by atoms with Crippen LogP contribution in [0.25, 0.3) is 10.9 Å². The van der Waals surface area contributed by atoms with Crippen LogP contribution < -0.4 is 16.4 Å². The molecule has 1 aliphatic rings. The minimum Gasteiger partial charge on any atom is -0.477 e. The number of fused-ring (bicyclic) bond motifs is 1. The number of alkyl halides is 3. The van der Waals surface area contributed by atoms with Crippen LogP contribution in [0, 0.1) is 17.7 Å². The first-order valence-corrected chi connectivity index (χ1v) is 13.0. The molecule has 1 saturated carbocycles. The standard InChI is InChI=1S/C26H29FN4O4.C2HF3O2/c27-19-7-3-15(4-8-19)11-22(31-24(32)17-5-1-16(14-28)2-6-17)25(33)29-20-9-10-21-18(12-20)13-23(30-21)26(34)35;3-2(4,5)1(6)7/h3-4,7-10,12-13,16-17,22,30H,1-2,5-6,11,14,28H2,(H,29,33)(H,31,32)(H,34,35);(H,6,7)/t16?,17?,22-;/m0./s1. The van der Waals surface area contributed by atoms with Crippen LogP contribution in [0.2, 0.25) is 0 Å². The lowest BCUT2D eigenvalue weighted by atomic mass is 9.81. The first kappa shape index (κ1) is 32.1. The van der Waals surface area contributed by atoms with Crippen molar-refractivity contribution in [3.8, 4) is 0 Å². The van der Waals surface area contributed by atoms with Gasteiger partial charge in [-0.15, -0.1) is 0 Å². The second-order valence-corrected chi connectivity index (χ2v) is 9.93. The highest BCUT2D eigenvalue weighted by Gasteiger charge is 2.38. The predicted molar refractivity (Wildman–Crippen MR) is 144 cm³/mol. The van der Waals surface area contributed by atoms with Gasteiger partial charge in [0.2, 0.25) is 11.8 Å². The molecule has 0 spiro atoms. The van der Waals surface area contributed by atoms with E-state index in [1.807, 2.05) is 0 Å². The number of rotatable bonds is 8. The van der Waals surface area contributed by atoms with Gasteiger partial charge in [-0.05, 0) is 80.1 Å². The number of aliphatic carboxylic acids is 1. The summed E-state index contributed by atoms with van der Waals surface area (Å²) in [5.41, 5.74) is 7.62. The van der Waals surface area contributed by atoms with Crippen LogP contribution in [0.4, 0.5) is 23.2 Å².